The normalized spacial score (nSPS) is 18.6. The summed E-state index contributed by atoms with van der Waals surface area (Å²) < 4.78 is 0. The minimum absolute atomic E-state index is 0.633. The van der Waals surface area contributed by atoms with E-state index in [0.717, 1.165) is 11.8 Å². The summed E-state index contributed by atoms with van der Waals surface area (Å²) in [4.78, 5) is 2.47. The highest BCUT2D eigenvalue weighted by Gasteiger charge is 2.22. The molecule has 0 saturated heterocycles. The van der Waals surface area contributed by atoms with Gasteiger partial charge >= 0.3 is 0 Å². The first-order chi connectivity index (χ1) is 12.1. The summed E-state index contributed by atoms with van der Waals surface area (Å²) >= 11 is 0. The van der Waals surface area contributed by atoms with Gasteiger partial charge in [0.2, 0.25) is 0 Å². The van der Waals surface area contributed by atoms with E-state index in [1.54, 1.807) is 11.1 Å². The minimum atomic E-state index is 0.633. The van der Waals surface area contributed by atoms with Gasteiger partial charge in [-0.25, -0.2) is 0 Å². The van der Waals surface area contributed by atoms with Crippen LogP contribution in [0.15, 0.2) is 48.5 Å². The SMILES string of the molecule is CC(C)C1CCCc2ccccc21.CC(C)N1CCc2ccccc21. The van der Waals surface area contributed by atoms with E-state index < -0.39 is 0 Å². The number of benzene rings is 2. The van der Waals surface area contributed by atoms with Crippen LogP contribution in [0, 0.1) is 5.92 Å². The zero-order chi connectivity index (χ0) is 17.8. The van der Waals surface area contributed by atoms with Crippen molar-refractivity contribution in [2.75, 3.05) is 11.4 Å². The predicted molar refractivity (Wildman–Crippen MR) is 110 cm³/mol. The van der Waals surface area contributed by atoms with Crippen LogP contribution in [0.3, 0.4) is 0 Å². The molecule has 0 saturated carbocycles. The Hall–Kier alpha value is -1.76. The molecule has 1 heterocycles. The fourth-order valence-electron chi connectivity index (χ4n) is 4.38. The van der Waals surface area contributed by atoms with E-state index in [1.807, 2.05) is 0 Å². The number of rotatable bonds is 2. The maximum atomic E-state index is 2.47. The number of hydrogen-bond acceptors (Lipinski definition) is 1. The molecule has 0 radical (unpaired) electrons. The molecule has 1 unspecified atom stereocenters. The van der Waals surface area contributed by atoms with Crippen molar-refractivity contribution in [1.82, 2.24) is 0 Å². The fraction of sp³-hybridized carbons (Fsp3) is 0.500. The Kier molecular flexibility index (Phi) is 5.83. The van der Waals surface area contributed by atoms with E-state index in [2.05, 4.69) is 81.1 Å². The summed E-state index contributed by atoms with van der Waals surface area (Å²) in [7, 11) is 0. The second-order valence-corrected chi connectivity index (χ2v) is 8.11. The molecule has 1 nitrogen and oxygen atoms in total. The van der Waals surface area contributed by atoms with E-state index in [4.69, 9.17) is 0 Å². The maximum absolute atomic E-state index is 2.47. The number of para-hydroxylation sites is 1. The maximum Gasteiger partial charge on any atom is 0.0401 e. The molecular formula is C24H33N. The number of anilines is 1. The minimum Gasteiger partial charge on any atom is -0.369 e. The third kappa shape index (κ3) is 4.08. The van der Waals surface area contributed by atoms with Gasteiger partial charge in [-0.2, -0.15) is 0 Å². The topological polar surface area (TPSA) is 3.24 Å². The molecule has 2 aliphatic rings. The van der Waals surface area contributed by atoms with Crippen molar-refractivity contribution >= 4 is 5.69 Å². The molecule has 4 rings (SSSR count). The summed E-state index contributed by atoms with van der Waals surface area (Å²) in [5.74, 6) is 1.60. The molecular weight excluding hydrogens is 302 g/mol. The van der Waals surface area contributed by atoms with Gasteiger partial charge in [0.25, 0.3) is 0 Å². The average Bonchev–Trinajstić information content (AvgIpc) is 3.06. The molecule has 2 aromatic rings. The van der Waals surface area contributed by atoms with E-state index in [0.29, 0.717) is 6.04 Å². The summed E-state index contributed by atoms with van der Waals surface area (Å²) in [6.07, 6.45) is 5.27. The Morgan fingerprint density at radius 2 is 1.52 bits per heavy atom. The molecule has 1 heteroatoms. The molecule has 25 heavy (non-hydrogen) atoms. The number of fused-ring (bicyclic) bond motifs is 2. The summed E-state index contributed by atoms with van der Waals surface area (Å²) in [5, 5.41) is 0. The highest BCUT2D eigenvalue weighted by Crippen LogP contribution is 2.36. The van der Waals surface area contributed by atoms with Crippen molar-refractivity contribution in [2.45, 2.75) is 65.3 Å². The van der Waals surface area contributed by atoms with Crippen LogP contribution in [0.1, 0.15) is 63.1 Å². The van der Waals surface area contributed by atoms with Crippen molar-refractivity contribution in [3.05, 3.63) is 65.2 Å². The summed E-state index contributed by atoms with van der Waals surface area (Å²) in [6, 6.07) is 18.3. The van der Waals surface area contributed by atoms with Crippen molar-refractivity contribution in [3.8, 4) is 0 Å². The lowest BCUT2D eigenvalue weighted by molar-refractivity contribution is 0.433. The van der Waals surface area contributed by atoms with Gasteiger partial charge in [0.05, 0.1) is 0 Å². The lowest BCUT2D eigenvalue weighted by Crippen LogP contribution is -2.28. The Bertz CT molecular complexity index is 686. The van der Waals surface area contributed by atoms with E-state index in [1.165, 1.54) is 43.5 Å². The first kappa shape index (κ1) is 18.0. The van der Waals surface area contributed by atoms with Gasteiger partial charge in [-0.3, -0.25) is 0 Å². The molecule has 0 bridgehead atoms. The van der Waals surface area contributed by atoms with Crippen LogP contribution in [0.25, 0.3) is 0 Å². The Labute approximate surface area is 154 Å². The van der Waals surface area contributed by atoms with Gasteiger partial charge in [0.15, 0.2) is 0 Å². The molecule has 0 spiro atoms. The summed E-state index contributed by atoms with van der Waals surface area (Å²) in [5.41, 5.74) is 6.15. The standard InChI is InChI=1S/C13H18.C11H15N/c1-10(2)12-9-5-7-11-6-3-4-8-13(11)12;1-9(2)12-8-7-10-5-3-4-6-11(10)12/h3-4,6,8,10,12H,5,7,9H2,1-2H3;3-6,9H,7-8H2,1-2H3. The molecule has 1 atom stereocenters. The van der Waals surface area contributed by atoms with E-state index in [-0.39, 0.29) is 0 Å². The van der Waals surface area contributed by atoms with Crippen LogP contribution in [0.4, 0.5) is 5.69 Å². The molecule has 0 N–H and O–H groups in total. The highest BCUT2D eigenvalue weighted by atomic mass is 15.2. The van der Waals surface area contributed by atoms with Gasteiger partial charge < -0.3 is 4.90 Å². The van der Waals surface area contributed by atoms with Crippen molar-refractivity contribution < 1.29 is 0 Å². The zero-order valence-electron chi connectivity index (χ0n) is 16.3. The van der Waals surface area contributed by atoms with Crippen molar-refractivity contribution in [3.63, 3.8) is 0 Å². The van der Waals surface area contributed by atoms with Gasteiger partial charge in [0, 0.05) is 18.3 Å². The molecule has 134 valence electrons. The lowest BCUT2D eigenvalue weighted by Gasteiger charge is -2.28. The second kappa shape index (κ2) is 8.08. The quantitative estimate of drug-likeness (QED) is 0.629. The fourth-order valence-corrected chi connectivity index (χ4v) is 4.38. The van der Waals surface area contributed by atoms with Crippen LogP contribution < -0.4 is 4.90 Å². The second-order valence-electron chi connectivity index (χ2n) is 8.11. The molecule has 1 aliphatic carbocycles. The van der Waals surface area contributed by atoms with Crippen LogP contribution in [-0.2, 0) is 12.8 Å². The predicted octanol–water partition coefficient (Wildman–Crippen LogP) is 6.22. The lowest BCUT2D eigenvalue weighted by atomic mass is 9.77. The molecule has 0 fully saturated rings. The zero-order valence-corrected chi connectivity index (χ0v) is 16.3. The van der Waals surface area contributed by atoms with Gasteiger partial charge in [-0.15, -0.1) is 0 Å². The Morgan fingerprint density at radius 3 is 2.24 bits per heavy atom. The smallest absolute Gasteiger partial charge is 0.0401 e. The van der Waals surface area contributed by atoms with Crippen LogP contribution >= 0.6 is 0 Å². The third-order valence-electron chi connectivity index (χ3n) is 5.77. The van der Waals surface area contributed by atoms with E-state index >= 15 is 0 Å². The van der Waals surface area contributed by atoms with Crippen LogP contribution in [-0.4, -0.2) is 12.6 Å². The first-order valence-electron chi connectivity index (χ1n) is 10.00. The van der Waals surface area contributed by atoms with E-state index in [9.17, 15) is 0 Å². The third-order valence-corrected chi connectivity index (χ3v) is 5.77. The number of aryl methyl sites for hydroxylation is 1. The van der Waals surface area contributed by atoms with Crippen LogP contribution in [0.5, 0.6) is 0 Å². The Balaban J connectivity index is 0.000000146. The largest absolute Gasteiger partial charge is 0.369 e. The molecule has 0 aromatic heterocycles. The first-order valence-corrected chi connectivity index (χ1v) is 10.00. The van der Waals surface area contributed by atoms with Gasteiger partial charge in [-0.05, 0) is 74.1 Å². The monoisotopic (exact) mass is 335 g/mol. The average molecular weight is 336 g/mol. The van der Waals surface area contributed by atoms with Gasteiger partial charge in [-0.1, -0.05) is 56.3 Å². The molecule has 2 aromatic carbocycles. The van der Waals surface area contributed by atoms with Crippen LogP contribution in [0.2, 0.25) is 0 Å². The highest BCUT2D eigenvalue weighted by molar-refractivity contribution is 5.58. The number of nitrogens with zero attached hydrogens (tertiary/aromatic N) is 1. The van der Waals surface area contributed by atoms with Crippen molar-refractivity contribution in [2.24, 2.45) is 5.92 Å². The summed E-state index contributed by atoms with van der Waals surface area (Å²) in [6.45, 7) is 10.4. The Morgan fingerprint density at radius 1 is 0.840 bits per heavy atom. The molecule has 0 amide bonds. The van der Waals surface area contributed by atoms with Gasteiger partial charge in [0.1, 0.15) is 0 Å². The number of hydrogen-bond donors (Lipinski definition) is 0. The van der Waals surface area contributed by atoms with Crippen molar-refractivity contribution in [1.29, 1.82) is 0 Å². The molecule has 1 aliphatic heterocycles.